The number of carbonyl (C=O) groups excluding carboxylic acids is 2. The number of nitrogen functional groups attached to an aromatic ring is 1. The molecular formula is C45H75N3O16P2. The van der Waals surface area contributed by atoms with Gasteiger partial charge in [-0.05, 0) is 56.9 Å². The van der Waals surface area contributed by atoms with Crippen molar-refractivity contribution in [2.45, 2.75) is 186 Å². The molecule has 0 aliphatic carbocycles. The molecule has 2 aliphatic heterocycles. The first-order valence-electron chi connectivity index (χ1n) is 23.5. The van der Waals surface area contributed by atoms with Gasteiger partial charge in [-0.15, -0.1) is 0 Å². The quantitative estimate of drug-likeness (QED) is 0.0142. The van der Waals surface area contributed by atoms with Gasteiger partial charge in [-0.25, -0.2) is 13.9 Å². The maximum Gasteiger partial charge on any atom is 0.481 e. The number of unbranched alkanes of at least 4 members (excludes halogenated alkanes) is 8. The van der Waals surface area contributed by atoms with E-state index in [0.717, 1.165) is 68.0 Å². The van der Waals surface area contributed by atoms with Gasteiger partial charge in [-0.1, -0.05) is 121 Å². The summed E-state index contributed by atoms with van der Waals surface area (Å²) in [5, 5.41) is 20.9. The van der Waals surface area contributed by atoms with Crippen LogP contribution in [-0.4, -0.2) is 97.9 Å². The summed E-state index contributed by atoms with van der Waals surface area (Å²) >= 11 is 0. The molecule has 2 saturated heterocycles. The lowest BCUT2D eigenvalue weighted by Gasteiger charge is -2.21. The molecule has 0 amide bonds. The summed E-state index contributed by atoms with van der Waals surface area (Å²) in [6.07, 6.45) is 23.1. The number of hydrogen-bond donors (Lipinski definition) is 5. The number of phosphoric ester groups is 2. The van der Waals surface area contributed by atoms with E-state index in [1.807, 2.05) is 12.2 Å². The number of ether oxygens (including phenoxy) is 4. The average Bonchev–Trinajstić information content (AvgIpc) is 3.96. The van der Waals surface area contributed by atoms with Crippen LogP contribution in [0.1, 0.15) is 149 Å². The van der Waals surface area contributed by atoms with Crippen LogP contribution < -0.4 is 11.4 Å². The van der Waals surface area contributed by atoms with Gasteiger partial charge in [0.25, 0.3) is 0 Å². The molecule has 0 bridgehead atoms. The van der Waals surface area contributed by atoms with E-state index in [-0.39, 0.29) is 18.7 Å². The molecule has 66 heavy (non-hydrogen) atoms. The van der Waals surface area contributed by atoms with Gasteiger partial charge in [0, 0.05) is 19.0 Å². The summed E-state index contributed by atoms with van der Waals surface area (Å²) < 4.78 is 62.3. The van der Waals surface area contributed by atoms with Gasteiger partial charge in [-0.3, -0.25) is 23.2 Å². The minimum atomic E-state index is -5.43. The number of anilines is 1. The fourth-order valence-corrected chi connectivity index (χ4v) is 9.13. The highest BCUT2D eigenvalue weighted by Crippen LogP contribution is 2.60. The summed E-state index contributed by atoms with van der Waals surface area (Å²) in [5.74, 6) is -0.657. The van der Waals surface area contributed by atoms with Gasteiger partial charge < -0.3 is 44.7 Å². The lowest BCUT2D eigenvalue weighted by atomic mass is 10.00. The Morgan fingerprint density at radius 3 is 2.20 bits per heavy atom. The van der Waals surface area contributed by atoms with Crippen LogP contribution in [0.4, 0.5) is 5.82 Å². The number of phosphoric acid groups is 2. The van der Waals surface area contributed by atoms with E-state index in [1.165, 1.54) is 44.6 Å². The number of aromatic nitrogens is 2. The van der Waals surface area contributed by atoms with Crippen molar-refractivity contribution in [1.29, 1.82) is 0 Å². The molecule has 10 atom stereocenters. The van der Waals surface area contributed by atoms with Crippen molar-refractivity contribution in [2.24, 2.45) is 5.92 Å². The topological polar surface area (TPSA) is 278 Å². The third-order valence-corrected chi connectivity index (χ3v) is 13.8. The van der Waals surface area contributed by atoms with Gasteiger partial charge in [-0.2, -0.15) is 9.29 Å². The Balaban J connectivity index is 1.43. The Morgan fingerprint density at radius 1 is 0.818 bits per heavy atom. The molecule has 2 fully saturated rings. The number of aliphatic hydroxyl groups is 2. The van der Waals surface area contributed by atoms with Crippen LogP contribution in [0.5, 0.6) is 0 Å². The molecule has 19 nitrogen and oxygen atoms in total. The van der Waals surface area contributed by atoms with E-state index in [9.17, 15) is 43.5 Å². The summed E-state index contributed by atoms with van der Waals surface area (Å²) in [6.45, 7) is 4.28. The molecule has 0 radical (unpaired) electrons. The Morgan fingerprint density at radius 2 is 1.48 bits per heavy atom. The lowest BCUT2D eigenvalue weighted by molar-refractivity contribution is -0.161. The highest BCUT2D eigenvalue weighted by molar-refractivity contribution is 7.61. The predicted molar refractivity (Wildman–Crippen MR) is 247 cm³/mol. The molecule has 376 valence electrons. The number of rotatable bonds is 36. The van der Waals surface area contributed by atoms with Crippen LogP contribution in [0.15, 0.2) is 53.5 Å². The number of epoxide rings is 1. The molecule has 0 aromatic carbocycles. The van der Waals surface area contributed by atoms with Crippen LogP contribution in [0.25, 0.3) is 0 Å². The van der Waals surface area contributed by atoms with Crippen LogP contribution in [0, 0.1) is 5.92 Å². The van der Waals surface area contributed by atoms with E-state index >= 15 is 0 Å². The van der Waals surface area contributed by atoms with Crippen molar-refractivity contribution in [2.75, 3.05) is 25.6 Å². The summed E-state index contributed by atoms with van der Waals surface area (Å²) in [7, 11) is -10.9. The predicted octanol–water partition coefficient (Wildman–Crippen LogP) is 7.67. The summed E-state index contributed by atoms with van der Waals surface area (Å²) in [6, 6.07) is 1.24. The second kappa shape index (κ2) is 31.1. The number of carbonyl (C=O) groups is 2. The Hall–Kier alpha value is -3.06. The van der Waals surface area contributed by atoms with E-state index in [0.29, 0.717) is 31.5 Å². The number of allylic oxidation sites excluding steroid dienone is 5. The lowest BCUT2D eigenvalue weighted by Crippen LogP contribution is -2.36. The Labute approximate surface area is 389 Å². The van der Waals surface area contributed by atoms with Crippen LogP contribution in [-0.2, 0) is 51.0 Å². The number of esters is 2. The summed E-state index contributed by atoms with van der Waals surface area (Å²) in [5.41, 5.74) is 4.57. The van der Waals surface area contributed by atoms with Gasteiger partial charge >= 0.3 is 33.3 Å². The van der Waals surface area contributed by atoms with Crippen molar-refractivity contribution in [1.82, 2.24) is 9.55 Å². The summed E-state index contributed by atoms with van der Waals surface area (Å²) in [4.78, 5) is 61.7. The molecule has 6 N–H and O–H groups in total. The molecule has 0 spiro atoms. The molecular weight excluding hydrogens is 900 g/mol. The monoisotopic (exact) mass is 975 g/mol. The highest BCUT2D eigenvalue weighted by atomic mass is 31.3. The van der Waals surface area contributed by atoms with E-state index in [4.69, 9.17) is 33.7 Å². The van der Waals surface area contributed by atoms with Crippen LogP contribution >= 0.6 is 15.6 Å². The second-order valence-corrected chi connectivity index (χ2v) is 19.9. The first-order chi connectivity index (χ1) is 31.5. The minimum absolute atomic E-state index is 0.0297. The van der Waals surface area contributed by atoms with Crippen LogP contribution in [0.2, 0.25) is 0 Å². The molecule has 5 unspecified atom stereocenters. The fraction of sp³-hybridized carbons (Fsp3) is 0.733. The molecule has 3 rings (SSSR count). The third kappa shape index (κ3) is 23.8. The SMILES string of the molecule is CCCCCC1OC1C/C=C\C/C=C\C/C=C\CCCC(=O)O[C@H](COC(=O)CCCCCCCCC(C)CC)COP(=O)(O)OP(=O)(O)OC[C@H]1O[C@@H](n2ccc(N)nc2=O)[C@H](O)[C@@H]1O. The second-order valence-electron chi connectivity index (χ2n) is 16.9. The van der Waals surface area contributed by atoms with Crippen molar-refractivity contribution in [3.63, 3.8) is 0 Å². The number of nitrogens with zero attached hydrogens (tertiary/aromatic N) is 2. The van der Waals surface area contributed by atoms with E-state index in [2.05, 4.69) is 54.4 Å². The maximum absolute atomic E-state index is 12.8. The van der Waals surface area contributed by atoms with Gasteiger partial charge in [0.05, 0.1) is 25.4 Å². The van der Waals surface area contributed by atoms with Gasteiger partial charge in [0.1, 0.15) is 30.7 Å². The number of hydrogen-bond acceptors (Lipinski definition) is 16. The standard InChI is InChI=1S/C45H75N3O16P2/c1-4-6-19-25-36-37(62-36)26-21-16-11-9-7-8-10-12-18-23-28-41(50)61-35(31-58-40(49)27-22-17-14-13-15-20-24-34(3)5-2)32-59-65(54,55)64-66(56,57)60-33-38-42(51)43(52)44(63-38)48-30-29-39(46)47-45(48)53/h7,9-10,12,16,21,29-30,34-38,42-44,51-52H,4-6,8,11,13-15,17-20,22-28,31-33H2,1-3H3,(H,54,55)(H,56,57)(H2,46,47,53)/b9-7-,12-10-,21-16-/t34?,35-,36?,37?,38-,42-,43-,44-/m1/s1. The van der Waals surface area contributed by atoms with E-state index in [1.54, 1.807) is 0 Å². The molecule has 3 heterocycles. The maximum atomic E-state index is 12.8. The molecule has 1 aromatic heterocycles. The first kappa shape index (κ1) is 57.3. The zero-order valence-electron chi connectivity index (χ0n) is 38.8. The highest BCUT2D eigenvalue weighted by Gasteiger charge is 2.46. The zero-order chi connectivity index (χ0) is 48.4. The number of nitrogens with two attached hydrogens (primary N) is 1. The minimum Gasteiger partial charge on any atom is -0.462 e. The number of aliphatic hydroxyl groups excluding tert-OH is 2. The molecule has 0 saturated carbocycles. The van der Waals surface area contributed by atoms with Crippen molar-refractivity contribution < 1.29 is 71.0 Å². The van der Waals surface area contributed by atoms with Crippen molar-refractivity contribution >= 4 is 33.4 Å². The van der Waals surface area contributed by atoms with Gasteiger partial charge in [0.2, 0.25) is 0 Å². The molecule has 2 aliphatic rings. The van der Waals surface area contributed by atoms with Crippen LogP contribution in [0.3, 0.4) is 0 Å². The van der Waals surface area contributed by atoms with E-state index < -0.39 is 83.7 Å². The smallest absolute Gasteiger partial charge is 0.462 e. The third-order valence-electron chi connectivity index (χ3n) is 11.2. The normalized spacial score (nSPS) is 23.6. The van der Waals surface area contributed by atoms with Gasteiger partial charge in [0.15, 0.2) is 12.3 Å². The average molecular weight is 976 g/mol. The van der Waals surface area contributed by atoms with Crippen molar-refractivity contribution in [3.8, 4) is 0 Å². The Bertz CT molecular complexity index is 1830. The first-order valence-corrected chi connectivity index (χ1v) is 26.5. The largest absolute Gasteiger partial charge is 0.481 e. The fourth-order valence-electron chi connectivity index (χ4n) is 7.02. The van der Waals surface area contributed by atoms with Crippen molar-refractivity contribution in [3.05, 3.63) is 59.2 Å². The molecule has 1 aromatic rings. The molecule has 21 heteroatoms. The Kier molecular flexibility index (Phi) is 27.0. The zero-order valence-corrected chi connectivity index (χ0v) is 40.6.